The molecule has 1 fully saturated rings. The van der Waals surface area contributed by atoms with E-state index in [1.54, 1.807) is 18.2 Å². The SMILES string of the molecule is CN(C)CCCNC(=O)C1CCC(C(=O)NCc2ccccc2F)CC1. The lowest BCUT2D eigenvalue weighted by atomic mass is 9.81. The second kappa shape index (κ2) is 10.3. The van der Waals surface area contributed by atoms with Crippen LogP contribution < -0.4 is 10.6 Å². The van der Waals surface area contributed by atoms with Crippen LogP contribution in [0.25, 0.3) is 0 Å². The van der Waals surface area contributed by atoms with E-state index in [0.717, 1.165) is 25.8 Å². The first-order valence-electron chi connectivity index (χ1n) is 9.41. The highest BCUT2D eigenvalue weighted by molar-refractivity contribution is 5.81. The first-order valence-corrected chi connectivity index (χ1v) is 9.41. The molecule has 2 amide bonds. The first kappa shape index (κ1) is 20.4. The molecule has 0 aromatic heterocycles. The number of nitrogens with one attached hydrogen (secondary N) is 2. The van der Waals surface area contributed by atoms with E-state index >= 15 is 0 Å². The standard InChI is InChI=1S/C20H30FN3O2/c1-24(2)13-5-12-22-19(25)15-8-10-16(11-9-15)20(26)23-14-17-6-3-4-7-18(17)21/h3-4,6-7,15-16H,5,8-14H2,1-2H3,(H,22,25)(H,23,26). The van der Waals surface area contributed by atoms with Crippen molar-refractivity contribution < 1.29 is 14.0 Å². The quantitative estimate of drug-likeness (QED) is 0.697. The lowest BCUT2D eigenvalue weighted by Gasteiger charge is -2.27. The number of carbonyl (C=O) groups is 2. The summed E-state index contributed by atoms with van der Waals surface area (Å²) >= 11 is 0. The summed E-state index contributed by atoms with van der Waals surface area (Å²) in [5.41, 5.74) is 0.492. The topological polar surface area (TPSA) is 61.4 Å². The summed E-state index contributed by atoms with van der Waals surface area (Å²) in [5, 5.41) is 5.82. The van der Waals surface area contributed by atoms with Crippen molar-refractivity contribution in [2.75, 3.05) is 27.2 Å². The number of nitrogens with zero attached hydrogens (tertiary/aromatic N) is 1. The fourth-order valence-electron chi connectivity index (χ4n) is 3.34. The Balaban J connectivity index is 1.68. The highest BCUT2D eigenvalue weighted by Crippen LogP contribution is 2.29. The van der Waals surface area contributed by atoms with Gasteiger partial charge < -0.3 is 15.5 Å². The maximum absolute atomic E-state index is 13.6. The van der Waals surface area contributed by atoms with E-state index in [9.17, 15) is 14.0 Å². The maximum Gasteiger partial charge on any atom is 0.223 e. The van der Waals surface area contributed by atoms with Crippen LogP contribution >= 0.6 is 0 Å². The Hall–Kier alpha value is -1.95. The molecule has 26 heavy (non-hydrogen) atoms. The summed E-state index contributed by atoms with van der Waals surface area (Å²) in [4.78, 5) is 26.6. The van der Waals surface area contributed by atoms with Gasteiger partial charge in [-0.3, -0.25) is 9.59 Å². The van der Waals surface area contributed by atoms with Crippen LogP contribution in [0, 0.1) is 17.7 Å². The summed E-state index contributed by atoms with van der Waals surface area (Å²) < 4.78 is 13.6. The lowest BCUT2D eigenvalue weighted by Crippen LogP contribution is -2.38. The van der Waals surface area contributed by atoms with E-state index in [-0.39, 0.29) is 36.0 Å². The number of carbonyl (C=O) groups excluding carboxylic acids is 2. The molecule has 1 aromatic rings. The number of rotatable bonds is 8. The van der Waals surface area contributed by atoms with E-state index in [1.165, 1.54) is 6.07 Å². The molecule has 144 valence electrons. The minimum Gasteiger partial charge on any atom is -0.356 e. The molecule has 6 heteroatoms. The Morgan fingerprint density at radius 3 is 2.19 bits per heavy atom. The summed E-state index contributed by atoms with van der Waals surface area (Å²) in [7, 11) is 4.03. The Morgan fingerprint density at radius 1 is 1.04 bits per heavy atom. The number of benzene rings is 1. The lowest BCUT2D eigenvalue weighted by molar-refractivity contribution is -0.130. The number of amides is 2. The predicted octanol–water partition coefficient (Wildman–Crippen LogP) is 2.32. The number of hydrogen-bond donors (Lipinski definition) is 2. The molecule has 1 saturated carbocycles. The van der Waals surface area contributed by atoms with Gasteiger partial charge in [0.1, 0.15) is 5.82 Å². The van der Waals surface area contributed by atoms with Gasteiger partial charge >= 0.3 is 0 Å². The average Bonchev–Trinajstić information content (AvgIpc) is 2.64. The zero-order chi connectivity index (χ0) is 18.9. The summed E-state index contributed by atoms with van der Waals surface area (Å²) in [6, 6.07) is 6.46. The van der Waals surface area contributed by atoms with Gasteiger partial charge in [0.05, 0.1) is 0 Å². The highest BCUT2D eigenvalue weighted by atomic mass is 19.1. The molecule has 1 aliphatic carbocycles. The van der Waals surface area contributed by atoms with Crippen LogP contribution in [0.4, 0.5) is 4.39 Å². The molecule has 0 bridgehead atoms. The van der Waals surface area contributed by atoms with Crippen molar-refractivity contribution in [1.82, 2.24) is 15.5 Å². The Labute approximate surface area is 155 Å². The smallest absolute Gasteiger partial charge is 0.223 e. The normalized spacial score (nSPS) is 20.0. The van der Waals surface area contributed by atoms with Crippen molar-refractivity contribution in [1.29, 1.82) is 0 Å². The van der Waals surface area contributed by atoms with Crippen molar-refractivity contribution in [3.8, 4) is 0 Å². The van der Waals surface area contributed by atoms with Gasteiger partial charge in [-0.25, -0.2) is 4.39 Å². The van der Waals surface area contributed by atoms with Gasteiger partial charge in [-0.15, -0.1) is 0 Å². The van der Waals surface area contributed by atoms with E-state index < -0.39 is 0 Å². The molecular weight excluding hydrogens is 333 g/mol. The molecule has 0 unspecified atom stereocenters. The zero-order valence-corrected chi connectivity index (χ0v) is 15.8. The molecule has 5 nitrogen and oxygen atoms in total. The molecule has 0 radical (unpaired) electrons. The molecule has 0 atom stereocenters. The third-order valence-electron chi connectivity index (χ3n) is 4.96. The fraction of sp³-hybridized carbons (Fsp3) is 0.600. The Morgan fingerprint density at radius 2 is 1.62 bits per heavy atom. The summed E-state index contributed by atoms with van der Waals surface area (Å²) in [5.74, 6) is -0.320. The molecule has 1 aromatic carbocycles. The van der Waals surface area contributed by atoms with Crippen molar-refractivity contribution >= 4 is 11.8 Å². The third-order valence-corrected chi connectivity index (χ3v) is 4.96. The van der Waals surface area contributed by atoms with Crippen molar-refractivity contribution in [3.63, 3.8) is 0 Å². The largest absolute Gasteiger partial charge is 0.356 e. The fourth-order valence-corrected chi connectivity index (χ4v) is 3.34. The van der Waals surface area contributed by atoms with E-state index in [4.69, 9.17) is 0 Å². The zero-order valence-electron chi connectivity index (χ0n) is 15.8. The predicted molar refractivity (Wildman–Crippen MR) is 99.9 cm³/mol. The second-order valence-electron chi connectivity index (χ2n) is 7.31. The molecule has 1 aliphatic rings. The monoisotopic (exact) mass is 363 g/mol. The van der Waals surface area contributed by atoms with E-state index in [0.29, 0.717) is 24.9 Å². The van der Waals surface area contributed by atoms with Gasteiger partial charge in [0.25, 0.3) is 0 Å². The second-order valence-corrected chi connectivity index (χ2v) is 7.31. The van der Waals surface area contributed by atoms with Gasteiger partial charge in [-0.2, -0.15) is 0 Å². The van der Waals surface area contributed by atoms with Crippen LogP contribution in [-0.4, -0.2) is 43.9 Å². The molecule has 0 spiro atoms. The molecular formula is C20H30FN3O2. The minimum atomic E-state index is -0.303. The van der Waals surface area contributed by atoms with Crippen LogP contribution in [-0.2, 0) is 16.1 Å². The van der Waals surface area contributed by atoms with Crippen LogP contribution in [0.1, 0.15) is 37.7 Å². The molecule has 2 N–H and O–H groups in total. The van der Waals surface area contributed by atoms with Crippen LogP contribution in [0.15, 0.2) is 24.3 Å². The third kappa shape index (κ3) is 6.41. The van der Waals surface area contributed by atoms with E-state index in [1.807, 2.05) is 14.1 Å². The Kier molecular flexibility index (Phi) is 8.04. The van der Waals surface area contributed by atoms with Crippen LogP contribution in [0.3, 0.4) is 0 Å². The average molecular weight is 363 g/mol. The van der Waals surface area contributed by atoms with Crippen molar-refractivity contribution in [3.05, 3.63) is 35.6 Å². The van der Waals surface area contributed by atoms with Crippen LogP contribution in [0.5, 0.6) is 0 Å². The summed E-state index contributed by atoms with van der Waals surface area (Å²) in [6.07, 6.45) is 3.82. The number of halogens is 1. The molecule has 0 aliphatic heterocycles. The van der Waals surface area contributed by atoms with Gasteiger partial charge in [-0.05, 0) is 58.8 Å². The van der Waals surface area contributed by atoms with E-state index in [2.05, 4.69) is 15.5 Å². The van der Waals surface area contributed by atoms with Gasteiger partial charge in [-0.1, -0.05) is 18.2 Å². The van der Waals surface area contributed by atoms with Crippen molar-refractivity contribution in [2.24, 2.45) is 11.8 Å². The van der Waals surface area contributed by atoms with Crippen LogP contribution in [0.2, 0.25) is 0 Å². The summed E-state index contributed by atoms with van der Waals surface area (Å²) in [6.45, 7) is 1.85. The van der Waals surface area contributed by atoms with Gasteiger partial charge in [0.15, 0.2) is 0 Å². The molecule has 0 saturated heterocycles. The van der Waals surface area contributed by atoms with Crippen molar-refractivity contribution in [2.45, 2.75) is 38.6 Å². The first-order chi connectivity index (χ1) is 12.5. The highest BCUT2D eigenvalue weighted by Gasteiger charge is 2.29. The van der Waals surface area contributed by atoms with Gasteiger partial charge in [0, 0.05) is 30.5 Å². The molecule has 0 heterocycles. The van der Waals surface area contributed by atoms with Gasteiger partial charge in [0.2, 0.25) is 11.8 Å². The minimum absolute atomic E-state index is 0.00461. The molecule has 2 rings (SSSR count). The maximum atomic E-state index is 13.6. The number of hydrogen-bond acceptors (Lipinski definition) is 3. The Bertz CT molecular complexity index is 598.